The van der Waals surface area contributed by atoms with E-state index < -0.39 is 0 Å². The number of fused-ring (bicyclic) bond motifs is 2. The lowest BCUT2D eigenvalue weighted by molar-refractivity contribution is -0.141. The van der Waals surface area contributed by atoms with Crippen LogP contribution in [0.15, 0.2) is 4.52 Å². The van der Waals surface area contributed by atoms with Gasteiger partial charge in [0.1, 0.15) is 0 Å². The SMILES string of the molecule is CC(C)c1noc(C2CCN(C(=O)CN3CC4CCC(CC3=O)N4)CC2)n1. The second-order valence-electron chi connectivity index (χ2n) is 8.42. The van der Waals surface area contributed by atoms with Crippen molar-refractivity contribution in [1.29, 1.82) is 0 Å². The molecule has 3 aliphatic rings. The van der Waals surface area contributed by atoms with E-state index in [0.717, 1.165) is 31.5 Å². The van der Waals surface area contributed by atoms with E-state index in [9.17, 15) is 9.59 Å². The highest BCUT2D eigenvalue weighted by molar-refractivity contribution is 5.85. The first-order chi connectivity index (χ1) is 13.0. The molecule has 2 unspecified atom stereocenters. The Morgan fingerprint density at radius 1 is 1.22 bits per heavy atom. The number of rotatable bonds is 4. The van der Waals surface area contributed by atoms with Crippen LogP contribution in [0.5, 0.6) is 0 Å². The van der Waals surface area contributed by atoms with E-state index >= 15 is 0 Å². The highest BCUT2D eigenvalue weighted by Gasteiger charge is 2.35. The van der Waals surface area contributed by atoms with Gasteiger partial charge in [-0.05, 0) is 25.7 Å². The van der Waals surface area contributed by atoms with Crippen LogP contribution in [0.2, 0.25) is 0 Å². The van der Waals surface area contributed by atoms with Crippen LogP contribution in [0.1, 0.15) is 69.5 Å². The average molecular weight is 375 g/mol. The molecule has 0 saturated carbocycles. The Morgan fingerprint density at radius 3 is 2.67 bits per heavy atom. The van der Waals surface area contributed by atoms with Gasteiger partial charge < -0.3 is 19.6 Å². The van der Waals surface area contributed by atoms with Gasteiger partial charge in [0.05, 0.1) is 6.54 Å². The summed E-state index contributed by atoms with van der Waals surface area (Å²) in [5.41, 5.74) is 0. The molecule has 2 amide bonds. The molecule has 2 atom stereocenters. The van der Waals surface area contributed by atoms with Crippen LogP contribution in [-0.4, -0.2) is 70.0 Å². The van der Waals surface area contributed by atoms with Gasteiger partial charge in [0.25, 0.3) is 0 Å². The maximum Gasteiger partial charge on any atom is 0.242 e. The first kappa shape index (κ1) is 18.4. The Balaban J connectivity index is 1.30. The van der Waals surface area contributed by atoms with Crippen LogP contribution in [0, 0.1) is 0 Å². The number of carbonyl (C=O) groups excluding carboxylic acids is 2. The maximum atomic E-state index is 12.7. The third-order valence-electron chi connectivity index (χ3n) is 6.05. The van der Waals surface area contributed by atoms with Crippen molar-refractivity contribution < 1.29 is 14.1 Å². The lowest BCUT2D eigenvalue weighted by Gasteiger charge is -2.32. The highest BCUT2D eigenvalue weighted by atomic mass is 16.5. The monoisotopic (exact) mass is 375 g/mol. The van der Waals surface area contributed by atoms with Gasteiger partial charge in [-0.2, -0.15) is 4.98 Å². The fourth-order valence-electron chi connectivity index (χ4n) is 4.35. The average Bonchev–Trinajstić information content (AvgIpc) is 3.27. The smallest absolute Gasteiger partial charge is 0.242 e. The van der Waals surface area contributed by atoms with Gasteiger partial charge in [0.15, 0.2) is 5.82 Å². The van der Waals surface area contributed by atoms with Crippen molar-refractivity contribution in [1.82, 2.24) is 25.3 Å². The van der Waals surface area contributed by atoms with Gasteiger partial charge in [0, 0.05) is 50.0 Å². The minimum absolute atomic E-state index is 0.0490. The number of aromatic nitrogens is 2. The van der Waals surface area contributed by atoms with Crippen molar-refractivity contribution in [3.8, 4) is 0 Å². The molecular formula is C19H29N5O3. The van der Waals surface area contributed by atoms with Crippen molar-refractivity contribution in [2.75, 3.05) is 26.2 Å². The fourth-order valence-corrected chi connectivity index (χ4v) is 4.35. The minimum Gasteiger partial charge on any atom is -0.341 e. The molecule has 0 aromatic carbocycles. The highest BCUT2D eigenvalue weighted by Crippen LogP contribution is 2.28. The van der Waals surface area contributed by atoms with Gasteiger partial charge >= 0.3 is 0 Å². The Labute approximate surface area is 159 Å². The Hall–Kier alpha value is -1.96. The molecular weight excluding hydrogens is 346 g/mol. The zero-order chi connectivity index (χ0) is 19.0. The molecule has 8 nitrogen and oxygen atoms in total. The Bertz CT molecular complexity index is 695. The number of likely N-dealkylation sites (tertiary alicyclic amines) is 2. The predicted octanol–water partition coefficient (Wildman–Crippen LogP) is 1.25. The summed E-state index contributed by atoms with van der Waals surface area (Å²) in [5.74, 6) is 2.05. The third-order valence-corrected chi connectivity index (χ3v) is 6.05. The summed E-state index contributed by atoms with van der Waals surface area (Å²) >= 11 is 0. The summed E-state index contributed by atoms with van der Waals surface area (Å²) in [4.78, 5) is 33.3. The molecule has 4 heterocycles. The van der Waals surface area contributed by atoms with Crippen LogP contribution >= 0.6 is 0 Å². The molecule has 3 saturated heterocycles. The first-order valence-corrected chi connectivity index (χ1v) is 10.1. The van der Waals surface area contributed by atoms with Crippen LogP contribution in [0.3, 0.4) is 0 Å². The van der Waals surface area contributed by atoms with E-state index in [1.54, 1.807) is 4.90 Å². The van der Waals surface area contributed by atoms with E-state index in [4.69, 9.17) is 4.52 Å². The fraction of sp³-hybridized carbons (Fsp3) is 0.789. The van der Waals surface area contributed by atoms with Crippen LogP contribution in [-0.2, 0) is 9.59 Å². The number of hydrogen-bond acceptors (Lipinski definition) is 6. The van der Waals surface area contributed by atoms with Gasteiger partial charge in [-0.25, -0.2) is 0 Å². The predicted molar refractivity (Wildman–Crippen MR) is 98.1 cm³/mol. The van der Waals surface area contributed by atoms with E-state index in [1.807, 2.05) is 18.7 Å². The number of nitrogens with one attached hydrogen (secondary N) is 1. The molecule has 1 aromatic rings. The summed E-state index contributed by atoms with van der Waals surface area (Å²) in [7, 11) is 0. The zero-order valence-electron chi connectivity index (χ0n) is 16.2. The lowest BCUT2D eigenvalue weighted by atomic mass is 9.96. The molecule has 148 valence electrons. The molecule has 8 heteroatoms. The molecule has 3 fully saturated rings. The molecule has 0 aliphatic carbocycles. The summed E-state index contributed by atoms with van der Waals surface area (Å²) in [6.07, 6.45) is 4.33. The largest absolute Gasteiger partial charge is 0.341 e. The summed E-state index contributed by atoms with van der Waals surface area (Å²) in [5, 5.41) is 7.53. The zero-order valence-corrected chi connectivity index (χ0v) is 16.2. The van der Waals surface area contributed by atoms with Gasteiger partial charge in [-0.15, -0.1) is 0 Å². The van der Waals surface area contributed by atoms with Crippen molar-refractivity contribution in [2.24, 2.45) is 0 Å². The molecule has 2 bridgehead atoms. The lowest BCUT2D eigenvalue weighted by Crippen LogP contribution is -2.47. The van der Waals surface area contributed by atoms with Gasteiger partial charge in [-0.1, -0.05) is 19.0 Å². The van der Waals surface area contributed by atoms with Crippen LogP contribution in [0.4, 0.5) is 0 Å². The van der Waals surface area contributed by atoms with E-state index in [0.29, 0.717) is 44.0 Å². The third kappa shape index (κ3) is 4.00. The summed E-state index contributed by atoms with van der Waals surface area (Å²) in [6, 6.07) is 0.635. The van der Waals surface area contributed by atoms with Gasteiger partial charge in [0.2, 0.25) is 17.7 Å². The summed E-state index contributed by atoms with van der Waals surface area (Å²) < 4.78 is 5.41. The number of nitrogens with zero attached hydrogens (tertiary/aromatic N) is 4. The first-order valence-electron chi connectivity index (χ1n) is 10.1. The maximum absolute atomic E-state index is 12.7. The molecule has 1 N–H and O–H groups in total. The van der Waals surface area contributed by atoms with E-state index in [2.05, 4.69) is 15.5 Å². The second-order valence-corrected chi connectivity index (χ2v) is 8.42. The van der Waals surface area contributed by atoms with Crippen LogP contribution in [0.25, 0.3) is 0 Å². The van der Waals surface area contributed by atoms with Gasteiger partial charge in [-0.3, -0.25) is 9.59 Å². The Kier molecular flexibility index (Phi) is 5.16. The van der Waals surface area contributed by atoms with Crippen molar-refractivity contribution in [3.63, 3.8) is 0 Å². The topological polar surface area (TPSA) is 91.6 Å². The number of hydrogen-bond donors (Lipinski definition) is 1. The van der Waals surface area contributed by atoms with Crippen molar-refractivity contribution in [2.45, 2.75) is 69.9 Å². The molecule has 0 spiro atoms. The Morgan fingerprint density at radius 2 is 1.96 bits per heavy atom. The molecule has 27 heavy (non-hydrogen) atoms. The number of carbonyl (C=O) groups is 2. The standard InChI is InChI=1S/C19H29N5O3/c1-12(2)18-21-19(27-22-18)13-5-7-23(8-6-13)17(26)11-24-10-15-4-3-14(20-15)9-16(24)25/h12-15,20H,3-11H2,1-2H3. The molecule has 4 rings (SSSR count). The minimum atomic E-state index is 0.0490. The number of amides is 2. The van der Waals surface area contributed by atoms with E-state index in [1.165, 1.54) is 0 Å². The van der Waals surface area contributed by atoms with E-state index in [-0.39, 0.29) is 30.2 Å². The molecule has 0 radical (unpaired) electrons. The second kappa shape index (κ2) is 7.58. The normalized spacial score (nSPS) is 26.7. The quantitative estimate of drug-likeness (QED) is 0.852. The summed E-state index contributed by atoms with van der Waals surface area (Å²) in [6.45, 7) is 6.29. The number of piperidine rings is 1. The van der Waals surface area contributed by atoms with Crippen LogP contribution < -0.4 is 5.32 Å². The molecule has 1 aromatic heterocycles. The molecule has 3 aliphatic heterocycles. The van der Waals surface area contributed by atoms with Crippen molar-refractivity contribution in [3.05, 3.63) is 11.7 Å². The van der Waals surface area contributed by atoms with Crippen molar-refractivity contribution >= 4 is 11.8 Å².